The molecule has 1 aromatic rings. The van der Waals surface area contributed by atoms with Crippen molar-refractivity contribution in [3.8, 4) is 0 Å². The lowest BCUT2D eigenvalue weighted by Crippen LogP contribution is -2.36. The zero-order valence-electron chi connectivity index (χ0n) is 11.3. The van der Waals surface area contributed by atoms with Gasteiger partial charge in [0.15, 0.2) is 0 Å². The highest BCUT2D eigenvalue weighted by Gasteiger charge is 2.15. The Bertz CT molecular complexity index is 540. The number of nitrogens with zero attached hydrogens (tertiary/aromatic N) is 3. The lowest BCUT2D eigenvalue weighted by Gasteiger charge is -2.27. The Morgan fingerprint density at radius 2 is 2.15 bits per heavy atom. The quantitative estimate of drug-likeness (QED) is 0.832. The third kappa shape index (κ3) is 3.49. The molecule has 1 N–H and O–H groups in total. The summed E-state index contributed by atoms with van der Waals surface area (Å²) in [6.45, 7) is 1.56. The Morgan fingerprint density at radius 3 is 2.80 bits per heavy atom. The van der Waals surface area contributed by atoms with Crippen LogP contribution in [0.25, 0.3) is 0 Å². The molecule has 0 bridgehead atoms. The van der Waals surface area contributed by atoms with E-state index in [4.69, 9.17) is 11.6 Å². The number of anilines is 1. The molecule has 0 aliphatic carbocycles. The van der Waals surface area contributed by atoms with Gasteiger partial charge in [-0.3, -0.25) is 9.59 Å². The number of piperidine rings is 1. The lowest BCUT2D eigenvalue weighted by molar-refractivity contribution is -0.141. The average Bonchev–Trinajstić information content (AvgIpc) is 2.48. The Morgan fingerprint density at radius 1 is 1.45 bits per heavy atom. The lowest BCUT2D eigenvalue weighted by atomic mass is 10.2. The van der Waals surface area contributed by atoms with Crippen LogP contribution in [0.15, 0.2) is 11.0 Å². The van der Waals surface area contributed by atoms with Gasteiger partial charge in [0, 0.05) is 13.1 Å². The summed E-state index contributed by atoms with van der Waals surface area (Å²) in [6.07, 6.45) is 4.88. The van der Waals surface area contributed by atoms with Gasteiger partial charge in [0.1, 0.15) is 11.6 Å². The van der Waals surface area contributed by atoms with Crippen LogP contribution in [0.2, 0.25) is 5.02 Å². The molecule has 0 atom stereocenters. The molecule has 8 heteroatoms. The number of hydrazine groups is 1. The molecule has 1 aliphatic rings. The summed E-state index contributed by atoms with van der Waals surface area (Å²) in [5, 5.41) is 5.96. The van der Waals surface area contributed by atoms with Crippen molar-refractivity contribution in [2.75, 3.05) is 25.6 Å². The minimum Gasteiger partial charge on any atom is -0.468 e. The van der Waals surface area contributed by atoms with Crippen LogP contribution < -0.4 is 11.0 Å². The molecule has 0 amide bonds. The maximum Gasteiger partial charge on any atom is 0.327 e. The van der Waals surface area contributed by atoms with E-state index in [9.17, 15) is 9.59 Å². The fourth-order valence-electron chi connectivity index (χ4n) is 2.02. The largest absolute Gasteiger partial charge is 0.468 e. The van der Waals surface area contributed by atoms with Crippen LogP contribution in [0.5, 0.6) is 0 Å². The molecule has 2 heterocycles. The van der Waals surface area contributed by atoms with Crippen LogP contribution in [-0.4, -0.2) is 41.0 Å². The number of carbonyl (C=O) groups is 1. The highest BCUT2D eigenvalue weighted by Crippen LogP contribution is 2.18. The van der Waals surface area contributed by atoms with Crippen LogP contribution in [0, 0.1) is 0 Å². The second-order valence-electron chi connectivity index (χ2n) is 4.57. The van der Waals surface area contributed by atoms with Crippen LogP contribution in [0.4, 0.5) is 5.69 Å². The monoisotopic (exact) mass is 300 g/mol. The molecule has 20 heavy (non-hydrogen) atoms. The maximum absolute atomic E-state index is 12.0. The van der Waals surface area contributed by atoms with Crippen molar-refractivity contribution in [2.24, 2.45) is 0 Å². The van der Waals surface area contributed by atoms with Crippen molar-refractivity contribution in [2.45, 2.75) is 25.8 Å². The molecule has 1 saturated heterocycles. The van der Waals surface area contributed by atoms with E-state index in [0.29, 0.717) is 5.69 Å². The fourth-order valence-corrected chi connectivity index (χ4v) is 2.21. The number of nitrogens with one attached hydrogen (secondary N) is 1. The Hall–Kier alpha value is -1.60. The van der Waals surface area contributed by atoms with Gasteiger partial charge < -0.3 is 10.2 Å². The van der Waals surface area contributed by atoms with Crippen LogP contribution >= 0.6 is 11.6 Å². The Balaban J connectivity index is 2.13. The Labute approximate surface area is 121 Å². The van der Waals surface area contributed by atoms with E-state index in [0.717, 1.165) is 30.6 Å². The number of methoxy groups -OCH3 is 1. The molecule has 7 nitrogen and oxygen atoms in total. The molecule has 0 radical (unpaired) electrons. The first-order valence-electron chi connectivity index (χ1n) is 6.46. The van der Waals surface area contributed by atoms with E-state index in [1.165, 1.54) is 19.7 Å². The van der Waals surface area contributed by atoms with E-state index in [-0.39, 0.29) is 11.6 Å². The van der Waals surface area contributed by atoms with Crippen LogP contribution in [0.1, 0.15) is 19.3 Å². The molecule has 2 rings (SSSR count). The van der Waals surface area contributed by atoms with Crippen LogP contribution in [-0.2, 0) is 16.1 Å². The second kappa shape index (κ2) is 6.71. The zero-order chi connectivity index (χ0) is 14.5. The smallest absolute Gasteiger partial charge is 0.327 e. The standard InChI is InChI=1S/C12H17ClN4O3/c1-20-10(18)8-17-12(19)11(13)9(7-14-17)15-16-5-3-2-4-6-16/h7,15H,2-6,8H2,1H3. The van der Waals surface area contributed by atoms with Crippen molar-refractivity contribution in [3.05, 3.63) is 21.6 Å². The summed E-state index contributed by atoms with van der Waals surface area (Å²) in [5.41, 5.74) is 3.04. The van der Waals surface area contributed by atoms with Crippen molar-refractivity contribution < 1.29 is 9.53 Å². The predicted octanol–water partition coefficient (Wildman–Crippen LogP) is 0.882. The number of ether oxygens (including phenoxy) is 1. The molecule has 1 aromatic heterocycles. The number of hydrogen-bond donors (Lipinski definition) is 1. The Kier molecular flexibility index (Phi) is 4.97. The summed E-state index contributed by atoms with van der Waals surface area (Å²) in [5.74, 6) is -0.549. The SMILES string of the molecule is COC(=O)Cn1ncc(NN2CCCCC2)c(Cl)c1=O. The van der Waals surface area contributed by atoms with Gasteiger partial charge in [-0.2, -0.15) is 5.10 Å². The number of halogens is 1. The van der Waals surface area contributed by atoms with Crippen LogP contribution in [0.3, 0.4) is 0 Å². The number of carbonyl (C=O) groups excluding carboxylic acids is 1. The predicted molar refractivity (Wildman–Crippen MR) is 74.6 cm³/mol. The first-order chi connectivity index (χ1) is 9.61. The second-order valence-corrected chi connectivity index (χ2v) is 4.95. The number of aromatic nitrogens is 2. The molecular formula is C12H17ClN4O3. The molecule has 110 valence electrons. The van der Waals surface area contributed by atoms with Gasteiger partial charge in [0.05, 0.1) is 19.0 Å². The van der Waals surface area contributed by atoms with Gasteiger partial charge in [-0.05, 0) is 12.8 Å². The maximum atomic E-state index is 12.0. The van der Waals surface area contributed by atoms with Gasteiger partial charge >= 0.3 is 5.97 Å². The fraction of sp³-hybridized carbons (Fsp3) is 0.583. The topological polar surface area (TPSA) is 76.5 Å². The van der Waals surface area contributed by atoms with Crippen molar-refractivity contribution in [1.82, 2.24) is 14.8 Å². The van der Waals surface area contributed by atoms with Gasteiger partial charge in [-0.1, -0.05) is 18.0 Å². The molecule has 0 unspecified atom stereocenters. The van der Waals surface area contributed by atoms with Crippen molar-refractivity contribution >= 4 is 23.3 Å². The molecular weight excluding hydrogens is 284 g/mol. The third-order valence-electron chi connectivity index (χ3n) is 3.13. The average molecular weight is 301 g/mol. The van der Waals surface area contributed by atoms with Gasteiger partial charge in [0.2, 0.25) is 0 Å². The number of rotatable bonds is 4. The molecule has 0 spiro atoms. The van der Waals surface area contributed by atoms with Gasteiger partial charge in [-0.15, -0.1) is 0 Å². The van der Waals surface area contributed by atoms with E-state index in [2.05, 4.69) is 15.3 Å². The molecule has 0 aromatic carbocycles. The van der Waals surface area contributed by atoms with E-state index >= 15 is 0 Å². The molecule has 1 aliphatic heterocycles. The summed E-state index contributed by atoms with van der Waals surface area (Å²) >= 11 is 6.03. The highest BCUT2D eigenvalue weighted by atomic mass is 35.5. The first kappa shape index (κ1) is 14.8. The summed E-state index contributed by atoms with van der Waals surface area (Å²) in [6, 6.07) is 0. The normalized spacial score (nSPS) is 15.9. The summed E-state index contributed by atoms with van der Waals surface area (Å²) in [4.78, 5) is 23.1. The zero-order valence-corrected chi connectivity index (χ0v) is 12.0. The van der Waals surface area contributed by atoms with E-state index < -0.39 is 11.5 Å². The minimum atomic E-state index is -0.549. The molecule has 0 saturated carbocycles. The third-order valence-corrected chi connectivity index (χ3v) is 3.49. The molecule has 1 fully saturated rings. The summed E-state index contributed by atoms with van der Waals surface area (Å²) in [7, 11) is 1.25. The first-order valence-corrected chi connectivity index (χ1v) is 6.83. The summed E-state index contributed by atoms with van der Waals surface area (Å²) < 4.78 is 5.48. The van der Waals surface area contributed by atoms with Crippen molar-refractivity contribution in [1.29, 1.82) is 0 Å². The van der Waals surface area contributed by atoms with E-state index in [1.807, 2.05) is 5.01 Å². The highest BCUT2D eigenvalue weighted by molar-refractivity contribution is 6.32. The van der Waals surface area contributed by atoms with E-state index in [1.54, 1.807) is 0 Å². The van der Waals surface area contributed by atoms with Gasteiger partial charge in [0.25, 0.3) is 5.56 Å². The minimum absolute atomic E-state index is 0.0227. The van der Waals surface area contributed by atoms with Crippen molar-refractivity contribution in [3.63, 3.8) is 0 Å². The number of esters is 1. The number of hydrogen-bond acceptors (Lipinski definition) is 6. The van der Waals surface area contributed by atoms with Gasteiger partial charge in [-0.25, -0.2) is 9.69 Å².